The highest BCUT2D eigenvalue weighted by Crippen LogP contribution is 2.09. The van der Waals surface area contributed by atoms with Crippen LogP contribution in [0.25, 0.3) is 0 Å². The van der Waals surface area contributed by atoms with Crippen molar-refractivity contribution in [2.75, 3.05) is 13.7 Å². The lowest BCUT2D eigenvalue weighted by molar-refractivity contribution is -0.155. The van der Waals surface area contributed by atoms with Gasteiger partial charge in [0.1, 0.15) is 5.60 Å². The SMILES string of the molecule is COCC(O)CCC(=O)OC(C)(C)C. The maximum atomic E-state index is 11.2. The second kappa shape index (κ2) is 5.98. The summed E-state index contributed by atoms with van der Waals surface area (Å²) in [6, 6.07) is 0. The van der Waals surface area contributed by atoms with Gasteiger partial charge in [0, 0.05) is 13.5 Å². The average Bonchev–Trinajstić information content (AvgIpc) is 1.98. The molecule has 14 heavy (non-hydrogen) atoms. The summed E-state index contributed by atoms with van der Waals surface area (Å²) in [5.41, 5.74) is -0.455. The molecule has 0 radical (unpaired) electrons. The van der Waals surface area contributed by atoms with Gasteiger partial charge >= 0.3 is 5.97 Å². The molecular formula is C10H20O4. The minimum Gasteiger partial charge on any atom is -0.460 e. The molecule has 0 fully saturated rings. The van der Waals surface area contributed by atoms with Gasteiger partial charge in [-0.2, -0.15) is 0 Å². The van der Waals surface area contributed by atoms with Crippen LogP contribution in [0.5, 0.6) is 0 Å². The van der Waals surface area contributed by atoms with Gasteiger partial charge in [0.05, 0.1) is 12.7 Å². The number of ether oxygens (including phenoxy) is 2. The van der Waals surface area contributed by atoms with E-state index in [0.29, 0.717) is 6.42 Å². The van der Waals surface area contributed by atoms with Crippen LogP contribution in [0, 0.1) is 0 Å². The Morgan fingerprint density at radius 1 is 1.43 bits per heavy atom. The predicted octanol–water partition coefficient (Wildman–Crippen LogP) is 1.12. The third kappa shape index (κ3) is 8.01. The summed E-state index contributed by atoms with van der Waals surface area (Å²) >= 11 is 0. The van der Waals surface area contributed by atoms with E-state index in [0.717, 1.165) is 0 Å². The van der Waals surface area contributed by atoms with Crippen molar-refractivity contribution in [3.05, 3.63) is 0 Å². The van der Waals surface area contributed by atoms with Gasteiger partial charge in [-0.1, -0.05) is 0 Å². The highest BCUT2D eigenvalue weighted by molar-refractivity contribution is 5.69. The van der Waals surface area contributed by atoms with Crippen LogP contribution in [-0.4, -0.2) is 36.5 Å². The highest BCUT2D eigenvalue weighted by Gasteiger charge is 2.17. The molecule has 0 spiro atoms. The average molecular weight is 204 g/mol. The minimum atomic E-state index is -0.590. The lowest BCUT2D eigenvalue weighted by Gasteiger charge is -2.19. The van der Waals surface area contributed by atoms with E-state index in [4.69, 9.17) is 9.47 Å². The molecule has 84 valence electrons. The number of rotatable bonds is 5. The number of carbonyl (C=O) groups excluding carboxylic acids is 1. The third-order valence-corrected chi connectivity index (χ3v) is 1.46. The van der Waals surface area contributed by atoms with E-state index >= 15 is 0 Å². The zero-order valence-corrected chi connectivity index (χ0v) is 9.37. The van der Waals surface area contributed by atoms with Gasteiger partial charge in [0.2, 0.25) is 0 Å². The molecular weight excluding hydrogens is 184 g/mol. The first-order valence-corrected chi connectivity index (χ1v) is 4.74. The second-order valence-electron chi connectivity index (χ2n) is 4.23. The molecule has 0 saturated carbocycles. The Bertz CT molecular complexity index is 171. The van der Waals surface area contributed by atoms with Crippen LogP contribution in [0.2, 0.25) is 0 Å². The molecule has 1 unspecified atom stereocenters. The summed E-state index contributed by atoms with van der Waals surface area (Å²) in [5.74, 6) is -0.285. The molecule has 0 aliphatic carbocycles. The Labute approximate surface area is 85.2 Å². The van der Waals surface area contributed by atoms with Crippen LogP contribution in [0.3, 0.4) is 0 Å². The molecule has 0 aliphatic heterocycles. The van der Waals surface area contributed by atoms with Crippen molar-refractivity contribution in [2.24, 2.45) is 0 Å². The van der Waals surface area contributed by atoms with Crippen molar-refractivity contribution in [1.82, 2.24) is 0 Å². The van der Waals surface area contributed by atoms with Crippen molar-refractivity contribution in [1.29, 1.82) is 0 Å². The summed E-state index contributed by atoms with van der Waals surface area (Å²) in [7, 11) is 1.51. The van der Waals surface area contributed by atoms with Gasteiger partial charge in [-0.25, -0.2) is 0 Å². The molecule has 1 N–H and O–H groups in total. The molecule has 0 aromatic carbocycles. The number of aliphatic hydroxyl groups is 1. The molecule has 4 heteroatoms. The lowest BCUT2D eigenvalue weighted by Crippen LogP contribution is -2.25. The third-order valence-electron chi connectivity index (χ3n) is 1.46. The van der Waals surface area contributed by atoms with Crippen molar-refractivity contribution in [3.8, 4) is 0 Å². The first kappa shape index (κ1) is 13.4. The molecule has 0 heterocycles. The largest absolute Gasteiger partial charge is 0.460 e. The van der Waals surface area contributed by atoms with E-state index in [-0.39, 0.29) is 19.0 Å². The fourth-order valence-electron chi connectivity index (χ4n) is 0.953. The standard InChI is InChI=1S/C10H20O4/c1-10(2,3)14-9(12)6-5-8(11)7-13-4/h8,11H,5-7H2,1-4H3. The van der Waals surface area contributed by atoms with E-state index in [1.54, 1.807) is 0 Å². The minimum absolute atomic E-state index is 0.224. The number of carbonyl (C=O) groups is 1. The van der Waals surface area contributed by atoms with Crippen LogP contribution in [-0.2, 0) is 14.3 Å². The van der Waals surface area contributed by atoms with Crippen molar-refractivity contribution in [3.63, 3.8) is 0 Å². The van der Waals surface area contributed by atoms with Gasteiger partial charge in [0.15, 0.2) is 0 Å². The molecule has 0 saturated heterocycles. The summed E-state index contributed by atoms with van der Waals surface area (Å²) in [6.07, 6.45) is 0.0115. The Morgan fingerprint density at radius 3 is 2.43 bits per heavy atom. The fourth-order valence-corrected chi connectivity index (χ4v) is 0.953. The molecule has 4 nitrogen and oxygen atoms in total. The zero-order valence-electron chi connectivity index (χ0n) is 9.37. The monoisotopic (exact) mass is 204 g/mol. The predicted molar refractivity (Wildman–Crippen MR) is 53.0 cm³/mol. The van der Waals surface area contributed by atoms with E-state index in [1.165, 1.54) is 7.11 Å². The van der Waals surface area contributed by atoms with Gasteiger partial charge in [0.25, 0.3) is 0 Å². The number of esters is 1. The van der Waals surface area contributed by atoms with E-state index in [9.17, 15) is 9.90 Å². The summed E-state index contributed by atoms with van der Waals surface area (Å²) < 4.78 is 9.81. The summed E-state index contributed by atoms with van der Waals surface area (Å²) in [4.78, 5) is 11.2. The van der Waals surface area contributed by atoms with E-state index in [2.05, 4.69) is 0 Å². The first-order valence-electron chi connectivity index (χ1n) is 4.74. The van der Waals surface area contributed by atoms with Crippen LogP contribution in [0.4, 0.5) is 0 Å². The van der Waals surface area contributed by atoms with Gasteiger partial charge in [-0.3, -0.25) is 4.79 Å². The smallest absolute Gasteiger partial charge is 0.306 e. The number of hydrogen-bond donors (Lipinski definition) is 1. The lowest BCUT2D eigenvalue weighted by atomic mass is 10.2. The van der Waals surface area contributed by atoms with Crippen molar-refractivity contribution in [2.45, 2.75) is 45.3 Å². The fraction of sp³-hybridized carbons (Fsp3) is 0.900. The molecule has 0 amide bonds. The summed E-state index contributed by atoms with van der Waals surface area (Å²) in [6.45, 7) is 5.70. The molecule has 0 aliphatic rings. The number of hydrogen-bond acceptors (Lipinski definition) is 4. The maximum absolute atomic E-state index is 11.2. The Morgan fingerprint density at radius 2 is 2.00 bits per heavy atom. The zero-order chi connectivity index (χ0) is 11.2. The quantitative estimate of drug-likeness (QED) is 0.682. The van der Waals surface area contributed by atoms with Gasteiger partial charge < -0.3 is 14.6 Å². The van der Waals surface area contributed by atoms with Crippen molar-refractivity contribution < 1.29 is 19.4 Å². The normalized spacial score (nSPS) is 13.8. The first-order chi connectivity index (χ1) is 6.35. The van der Waals surface area contributed by atoms with E-state index < -0.39 is 11.7 Å². The van der Waals surface area contributed by atoms with E-state index in [1.807, 2.05) is 20.8 Å². The number of methoxy groups -OCH3 is 1. The summed E-state index contributed by atoms with van der Waals surface area (Å²) in [5, 5.41) is 9.26. The topological polar surface area (TPSA) is 55.8 Å². The molecule has 0 bridgehead atoms. The molecule has 0 aromatic heterocycles. The molecule has 1 atom stereocenters. The highest BCUT2D eigenvalue weighted by atomic mass is 16.6. The Kier molecular flexibility index (Phi) is 5.72. The Hall–Kier alpha value is -0.610. The van der Waals surface area contributed by atoms with Crippen molar-refractivity contribution >= 4 is 5.97 Å². The number of aliphatic hydroxyl groups excluding tert-OH is 1. The van der Waals surface area contributed by atoms with Crippen LogP contribution in [0.15, 0.2) is 0 Å². The Balaban J connectivity index is 3.64. The maximum Gasteiger partial charge on any atom is 0.306 e. The molecule has 0 rings (SSSR count). The molecule has 0 aromatic rings. The van der Waals surface area contributed by atoms with Crippen LogP contribution < -0.4 is 0 Å². The van der Waals surface area contributed by atoms with Gasteiger partial charge in [-0.15, -0.1) is 0 Å². The van der Waals surface area contributed by atoms with Crippen LogP contribution in [0.1, 0.15) is 33.6 Å². The second-order valence-corrected chi connectivity index (χ2v) is 4.23. The van der Waals surface area contributed by atoms with Gasteiger partial charge in [-0.05, 0) is 27.2 Å². The van der Waals surface area contributed by atoms with Crippen LogP contribution >= 0.6 is 0 Å².